The van der Waals surface area contributed by atoms with Crippen molar-refractivity contribution in [2.24, 2.45) is 5.14 Å². The molecule has 3 N–H and O–H groups in total. The van der Waals surface area contributed by atoms with Crippen molar-refractivity contribution in [2.75, 3.05) is 10.5 Å². The highest BCUT2D eigenvalue weighted by Crippen LogP contribution is 2.11. The molecule has 0 fully saturated rings. The molecule has 1 rings (SSSR count). The van der Waals surface area contributed by atoms with Crippen LogP contribution < -0.4 is 9.86 Å². The van der Waals surface area contributed by atoms with E-state index >= 15 is 0 Å². The van der Waals surface area contributed by atoms with Crippen LogP contribution in [0, 0.1) is 0 Å². The summed E-state index contributed by atoms with van der Waals surface area (Å²) in [7, 11) is -7.35. The Morgan fingerprint density at radius 3 is 2.47 bits per heavy atom. The molecule has 0 unspecified atom stereocenters. The Hall–Kier alpha value is -1.45. The Kier molecular flexibility index (Phi) is 5.04. The van der Waals surface area contributed by atoms with Gasteiger partial charge in [0.05, 0.1) is 17.6 Å². The fourth-order valence-electron chi connectivity index (χ4n) is 1.26. The van der Waals surface area contributed by atoms with Crippen LogP contribution in [0.3, 0.4) is 0 Å². The van der Waals surface area contributed by atoms with Crippen LogP contribution in [-0.2, 0) is 20.0 Å². The Morgan fingerprint density at radius 2 is 2.00 bits per heavy atom. The van der Waals surface area contributed by atoms with E-state index in [1.54, 1.807) is 6.08 Å². The molecule has 106 valence electrons. The minimum absolute atomic E-state index is 0.0457. The van der Waals surface area contributed by atoms with E-state index in [1.807, 2.05) is 0 Å². The number of hydrogen-bond acceptors (Lipinski definition) is 5. The first-order chi connectivity index (χ1) is 8.74. The quantitative estimate of drug-likeness (QED) is 0.559. The van der Waals surface area contributed by atoms with Crippen molar-refractivity contribution in [3.05, 3.63) is 31.0 Å². The molecule has 0 aliphatic carbocycles. The van der Waals surface area contributed by atoms with Gasteiger partial charge in [-0.1, -0.05) is 6.08 Å². The molecule has 0 aliphatic heterocycles. The number of nitrogens with two attached hydrogens (primary N) is 1. The molecule has 0 atom stereocenters. The summed E-state index contributed by atoms with van der Waals surface area (Å²) in [6.45, 7) is 3.50. The third-order valence-electron chi connectivity index (χ3n) is 2.12. The Bertz CT molecular complexity index is 636. The SMILES string of the molecule is C=CCCCS(=O)(=O)Nc1ccc(S(N)(=O)=O)nc1. The number of anilines is 1. The van der Waals surface area contributed by atoms with Crippen LogP contribution in [0.1, 0.15) is 12.8 Å². The highest BCUT2D eigenvalue weighted by Gasteiger charge is 2.12. The lowest BCUT2D eigenvalue weighted by atomic mass is 10.3. The summed E-state index contributed by atoms with van der Waals surface area (Å²) in [5.41, 5.74) is 0.186. The van der Waals surface area contributed by atoms with Crippen molar-refractivity contribution in [3.8, 4) is 0 Å². The molecule has 1 aromatic heterocycles. The molecule has 0 saturated heterocycles. The third kappa shape index (κ3) is 5.37. The zero-order valence-electron chi connectivity index (χ0n) is 10.1. The van der Waals surface area contributed by atoms with E-state index in [0.29, 0.717) is 12.8 Å². The smallest absolute Gasteiger partial charge is 0.255 e. The molecule has 7 nitrogen and oxygen atoms in total. The molecule has 0 spiro atoms. The summed E-state index contributed by atoms with van der Waals surface area (Å²) < 4.78 is 47.5. The second-order valence-electron chi connectivity index (χ2n) is 3.78. The predicted molar refractivity (Wildman–Crippen MR) is 72.5 cm³/mol. The summed E-state index contributed by atoms with van der Waals surface area (Å²) in [6, 6.07) is 2.43. The first kappa shape index (κ1) is 15.6. The van der Waals surface area contributed by atoms with E-state index in [9.17, 15) is 16.8 Å². The van der Waals surface area contributed by atoms with Crippen LogP contribution in [0.15, 0.2) is 36.0 Å². The van der Waals surface area contributed by atoms with Gasteiger partial charge in [-0.3, -0.25) is 4.72 Å². The molecular weight excluding hydrogens is 290 g/mol. The Morgan fingerprint density at radius 1 is 1.32 bits per heavy atom. The van der Waals surface area contributed by atoms with Crippen molar-refractivity contribution >= 4 is 25.7 Å². The van der Waals surface area contributed by atoms with Gasteiger partial charge < -0.3 is 0 Å². The van der Waals surface area contributed by atoms with Crippen molar-refractivity contribution in [1.82, 2.24) is 4.98 Å². The van der Waals surface area contributed by atoms with Crippen LogP contribution in [-0.4, -0.2) is 27.6 Å². The van der Waals surface area contributed by atoms with E-state index in [2.05, 4.69) is 16.3 Å². The molecule has 1 heterocycles. The summed E-state index contributed by atoms with van der Waals surface area (Å²) in [6.07, 6.45) is 3.80. The van der Waals surface area contributed by atoms with Crippen LogP contribution in [0.25, 0.3) is 0 Å². The van der Waals surface area contributed by atoms with Crippen molar-refractivity contribution in [2.45, 2.75) is 17.9 Å². The number of allylic oxidation sites excluding steroid dienone is 1. The van der Waals surface area contributed by atoms with Gasteiger partial charge >= 0.3 is 0 Å². The van der Waals surface area contributed by atoms with E-state index < -0.39 is 20.0 Å². The molecule has 0 bridgehead atoms. The monoisotopic (exact) mass is 305 g/mol. The minimum atomic E-state index is -3.88. The highest BCUT2D eigenvalue weighted by atomic mass is 32.2. The molecular formula is C10H15N3O4S2. The summed E-state index contributed by atoms with van der Waals surface area (Å²) >= 11 is 0. The van der Waals surface area contributed by atoms with E-state index in [0.717, 1.165) is 12.3 Å². The topological polar surface area (TPSA) is 119 Å². The lowest BCUT2D eigenvalue weighted by molar-refractivity contribution is 0.594. The molecule has 19 heavy (non-hydrogen) atoms. The van der Waals surface area contributed by atoms with Gasteiger partial charge in [0.15, 0.2) is 5.03 Å². The number of pyridine rings is 1. The number of sulfonamides is 2. The predicted octanol–water partition coefficient (Wildman–Crippen LogP) is 0.437. The van der Waals surface area contributed by atoms with Crippen LogP contribution in [0.2, 0.25) is 0 Å². The molecule has 0 saturated carbocycles. The number of rotatable bonds is 7. The summed E-state index contributed by atoms with van der Waals surface area (Å²) in [5.74, 6) is -0.0457. The zero-order valence-corrected chi connectivity index (χ0v) is 11.7. The van der Waals surface area contributed by atoms with Crippen LogP contribution in [0.4, 0.5) is 5.69 Å². The number of nitrogens with zero attached hydrogens (tertiary/aromatic N) is 1. The maximum atomic E-state index is 11.6. The van der Waals surface area contributed by atoms with Crippen molar-refractivity contribution in [3.63, 3.8) is 0 Å². The first-order valence-corrected chi connectivity index (χ1v) is 8.55. The number of hydrogen-bond donors (Lipinski definition) is 2. The largest absolute Gasteiger partial charge is 0.282 e. The molecule has 0 amide bonds. The number of nitrogens with one attached hydrogen (secondary N) is 1. The van der Waals surface area contributed by atoms with Crippen LogP contribution in [0.5, 0.6) is 0 Å². The minimum Gasteiger partial charge on any atom is -0.282 e. The maximum absolute atomic E-state index is 11.6. The Labute approximate surface area is 112 Å². The number of aromatic nitrogens is 1. The van der Waals surface area contributed by atoms with Gasteiger partial charge in [0, 0.05) is 0 Å². The van der Waals surface area contributed by atoms with Gasteiger partial charge in [-0.25, -0.2) is 27.0 Å². The van der Waals surface area contributed by atoms with Gasteiger partial charge in [-0.2, -0.15) is 0 Å². The average Bonchev–Trinajstić information content (AvgIpc) is 2.28. The lowest BCUT2D eigenvalue weighted by Gasteiger charge is -2.07. The molecule has 1 aromatic rings. The molecule has 0 radical (unpaired) electrons. The maximum Gasteiger partial charge on any atom is 0.255 e. The highest BCUT2D eigenvalue weighted by molar-refractivity contribution is 7.92. The summed E-state index contributed by atoms with van der Waals surface area (Å²) in [4.78, 5) is 3.57. The van der Waals surface area contributed by atoms with Gasteiger partial charge in [-0.15, -0.1) is 6.58 Å². The van der Waals surface area contributed by atoms with Crippen LogP contribution >= 0.6 is 0 Å². The van der Waals surface area contributed by atoms with E-state index in [4.69, 9.17) is 5.14 Å². The molecule has 0 aliphatic rings. The number of primary sulfonamides is 1. The second-order valence-corrected chi connectivity index (χ2v) is 7.13. The van der Waals surface area contributed by atoms with Gasteiger partial charge in [0.25, 0.3) is 10.0 Å². The fraction of sp³-hybridized carbons (Fsp3) is 0.300. The third-order valence-corrected chi connectivity index (χ3v) is 4.32. The van der Waals surface area contributed by atoms with Crippen molar-refractivity contribution in [1.29, 1.82) is 0 Å². The van der Waals surface area contributed by atoms with Crippen molar-refractivity contribution < 1.29 is 16.8 Å². The second kappa shape index (κ2) is 6.13. The van der Waals surface area contributed by atoms with E-state index in [-0.39, 0.29) is 16.5 Å². The zero-order chi connectivity index (χ0) is 14.5. The standard InChI is InChI=1S/C10H15N3O4S2/c1-2-3-4-7-18(14,15)13-9-5-6-10(12-8-9)19(11,16)17/h2,5-6,8,13H,1,3-4,7H2,(H2,11,16,17). The van der Waals surface area contributed by atoms with E-state index in [1.165, 1.54) is 6.07 Å². The fourth-order valence-corrected chi connectivity index (χ4v) is 2.84. The first-order valence-electron chi connectivity index (χ1n) is 5.35. The van der Waals surface area contributed by atoms with Gasteiger partial charge in [-0.05, 0) is 25.0 Å². The lowest BCUT2D eigenvalue weighted by Crippen LogP contribution is -2.17. The summed E-state index contributed by atoms with van der Waals surface area (Å²) in [5, 5.41) is 4.56. The average molecular weight is 305 g/mol. The number of unbranched alkanes of at least 4 members (excludes halogenated alkanes) is 1. The molecule has 0 aromatic carbocycles. The van der Waals surface area contributed by atoms with Gasteiger partial charge in [0.1, 0.15) is 0 Å². The molecule has 9 heteroatoms. The Balaban J connectivity index is 2.75. The van der Waals surface area contributed by atoms with Gasteiger partial charge in [0.2, 0.25) is 10.0 Å². The normalized spacial score (nSPS) is 12.1.